The quantitative estimate of drug-likeness (QED) is 0.801. The summed E-state index contributed by atoms with van der Waals surface area (Å²) in [6.07, 6.45) is 6.62. The van der Waals surface area contributed by atoms with Gasteiger partial charge in [-0.25, -0.2) is 0 Å². The maximum atomic E-state index is 12.8. The molecule has 1 unspecified atom stereocenters. The van der Waals surface area contributed by atoms with E-state index in [1.165, 1.54) is 6.42 Å². The fourth-order valence-corrected chi connectivity index (χ4v) is 3.68. The van der Waals surface area contributed by atoms with Gasteiger partial charge in [0.2, 0.25) is 11.8 Å². The molecule has 2 amide bonds. The van der Waals surface area contributed by atoms with Crippen LogP contribution in [0.1, 0.15) is 51.9 Å². The molecule has 1 N–H and O–H groups in total. The van der Waals surface area contributed by atoms with Crippen LogP contribution in [-0.4, -0.2) is 60.9 Å². The zero-order chi connectivity index (χ0) is 15.9. The van der Waals surface area contributed by atoms with Gasteiger partial charge in [0, 0.05) is 26.1 Å². The number of nitrogens with zero attached hydrogens (tertiary/aromatic N) is 2. The van der Waals surface area contributed by atoms with E-state index < -0.39 is 0 Å². The molecule has 2 rings (SSSR count). The molecule has 0 radical (unpaired) electrons. The van der Waals surface area contributed by atoms with Crippen molar-refractivity contribution in [3.8, 4) is 0 Å². The number of carbonyl (C=O) groups excluding carboxylic acids is 2. The van der Waals surface area contributed by atoms with Crippen molar-refractivity contribution in [2.75, 3.05) is 33.2 Å². The van der Waals surface area contributed by atoms with E-state index in [2.05, 4.69) is 5.32 Å². The van der Waals surface area contributed by atoms with Gasteiger partial charge in [0.1, 0.15) is 6.04 Å². The molecule has 0 aliphatic carbocycles. The lowest BCUT2D eigenvalue weighted by Crippen LogP contribution is -2.50. The van der Waals surface area contributed by atoms with Crippen LogP contribution in [0.25, 0.3) is 0 Å². The summed E-state index contributed by atoms with van der Waals surface area (Å²) < 4.78 is 0. The molecule has 2 aliphatic rings. The Hall–Kier alpha value is -0.810. The van der Waals surface area contributed by atoms with E-state index in [9.17, 15) is 9.59 Å². The number of halogens is 1. The minimum Gasteiger partial charge on any atom is -0.341 e. The third kappa shape index (κ3) is 5.35. The summed E-state index contributed by atoms with van der Waals surface area (Å²) in [5.74, 6) is 1.08. The Morgan fingerprint density at radius 3 is 2.43 bits per heavy atom. The Morgan fingerprint density at radius 2 is 1.83 bits per heavy atom. The third-order valence-corrected chi connectivity index (χ3v) is 5.05. The molecule has 2 saturated heterocycles. The summed E-state index contributed by atoms with van der Waals surface area (Å²) in [5.41, 5.74) is 0. The Morgan fingerprint density at radius 1 is 1.13 bits per heavy atom. The van der Waals surface area contributed by atoms with Crippen LogP contribution >= 0.6 is 12.4 Å². The number of hydrogen-bond donors (Lipinski definition) is 1. The summed E-state index contributed by atoms with van der Waals surface area (Å²) in [5, 5.41) is 3.20. The lowest BCUT2D eigenvalue weighted by molar-refractivity contribution is -0.144. The van der Waals surface area contributed by atoms with Crippen molar-refractivity contribution in [3.05, 3.63) is 0 Å². The first kappa shape index (κ1) is 20.2. The van der Waals surface area contributed by atoms with E-state index in [0.717, 1.165) is 64.2 Å². The molecular formula is C17H32ClN3O2. The molecule has 23 heavy (non-hydrogen) atoms. The van der Waals surface area contributed by atoms with Gasteiger partial charge in [-0.05, 0) is 58.0 Å². The maximum Gasteiger partial charge on any atom is 0.245 e. The first-order chi connectivity index (χ1) is 10.7. The fourth-order valence-electron chi connectivity index (χ4n) is 3.68. The van der Waals surface area contributed by atoms with Crippen LogP contribution in [0.4, 0.5) is 0 Å². The Kier molecular flexibility index (Phi) is 8.92. The molecule has 0 bridgehead atoms. The SMILES string of the molecule is CCCC(=O)N1CCCC1C(=O)N1CCC(CCNC)CC1.Cl. The predicted molar refractivity (Wildman–Crippen MR) is 94.7 cm³/mol. The highest BCUT2D eigenvalue weighted by atomic mass is 35.5. The summed E-state index contributed by atoms with van der Waals surface area (Å²) in [6.45, 7) is 5.55. The molecular weight excluding hydrogens is 314 g/mol. The van der Waals surface area contributed by atoms with Gasteiger partial charge in [0.25, 0.3) is 0 Å². The molecule has 0 spiro atoms. The standard InChI is InChI=1S/C17H31N3O2.ClH/c1-3-5-16(21)20-11-4-6-15(20)17(22)19-12-8-14(9-13-19)7-10-18-2;/h14-15,18H,3-13H2,1-2H3;1H. The summed E-state index contributed by atoms with van der Waals surface area (Å²) in [7, 11) is 1.99. The van der Waals surface area contributed by atoms with E-state index in [-0.39, 0.29) is 30.3 Å². The van der Waals surface area contributed by atoms with Crippen molar-refractivity contribution in [3.63, 3.8) is 0 Å². The average Bonchev–Trinajstić information content (AvgIpc) is 3.02. The maximum absolute atomic E-state index is 12.8. The number of piperidine rings is 1. The molecule has 0 aromatic heterocycles. The van der Waals surface area contributed by atoms with Gasteiger partial charge < -0.3 is 15.1 Å². The van der Waals surface area contributed by atoms with E-state index in [1.54, 1.807) is 0 Å². The number of rotatable bonds is 6. The van der Waals surface area contributed by atoms with Gasteiger partial charge in [-0.3, -0.25) is 9.59 Å². The van der Waals surface area contributed by atoms with Gasteiger partial charge in [0.15, 0.2) is 0 Å². The van der Waals surface area contributed by atoms with Gasteiger partial charge in [-0.2, -0.15) is 0 Å². The average molecular weight is 346 g/mol. The van der Waals surface area contributed by atoms with Crippen molar-refractivity contribution < 1.29 is 9.59 Å². The fraction of sp³-hybridized carbons (Fsp3) is 0.882. The number of amides is 2. The number of likely N-dealkylation sites (tertiary alicyclic amines) is 2. The summed E-state index contributed by atoms with van der Waals surface area (Å²) in [4.78, 5) is 28.8. The van der Waals surface area contributed by atoms with Crippen LogP contribution < -0.4 is 5.32 Å². The summed E-state index contributed by atoms with van der Waals surface area (Å²) in [6, 6.07) is -0.187. The monoisotopic (exact) mass is 345 g/mol. The van der Waals surface area contributed by atoms with Gasteiger partial charge in [0.05, 0.1) is 0 Å². The Bertz CT molecular complexity index is 384. The lowest BCUT2D eigenvalue weighted by Gasteiger charge is -2.35. The van der Waals surface area contributed by atoms with Crippen LogP contribution in [0.2, 0.25) is 0 Å². The van der Waals surface area contributed by atoms with Crippen molar-refractivity contribution in [1.82, 2.24) is 15.1 Å². The van der Waals surface area contributed by atoms with Crippen molar-refractivity contribution in [2.45, 2.75) is 57.9 Å². The highest BCUT2D eigenvalue weighted by molar-refractivity contribution is 5.88. The highest BCUT2D eigenvalue weighted by Gasteiger charge is 2.36. The first-order valence-corrected chi connectivity index (χ1v) is 8.90. The van der Waals surface area contributed by atoms with E-state index in [4.69, 9.17) is 0 Å². The van der Waals surface area contributed by atoms with E-state index in [0.29, 0.717) is 6.42 Å². The minimum absolute atomic E-state index is 0. The molecule has 5 nitrogen and oxygen atoms in total. The first-order valence-electron chi connectivity index (χ1n) is 8.90. The summed E-state index contributed by atoms with van der Waals surface area (Å²) >= 11 is 0. The van der Waals surface area contributed by atoms with Gasteiger partial charge in [-0.15, -0.1) is 12.4 Å². The van der Waals surface area contributed by atoms with Crippen LogP contribution in [0.5, 0.6) is 0 Å². The largest absolute Gasteiger partial charge is 0.341 e. The smallest absolute Gasteiger partial charge is 0.245 e. The number of nitrogens with one attached hydrogen (secondary N) is 1. The second-order valence-corrected chi connectivity index (χ2v) is 6.66. The molecule has 2 fully saturated rings. The topological polar surface area (TPSA) is 52.7 Å². The normalized spacial score (nSPS) is 22.1. The zero-order valence-corrected chi connectivity index (χ0v) is 15.4. The second-order valence-electron chi connectivity index (χ2n) is 6.66. The number of hydrogen-bond acceptors (Lipinski definition) is 3. The van der Waals surface area contributed by atoms with Crippen LogP contribution in [-0.2, 0) is 9.59 Å². The predicted octanol–water partition coefficient (Wildman–Crippen LogP) is 2.05. The molecule has 2 aliphatic heterocycles. The number of carbonyl (C=O) groups is 2. The van der Waals surface area contributed by atoms with Crippen molar-refractivity contribution in [1.29, 1.82) is 0 Å². The van der Waals surface area contributed by atoms with E-state index >= 15 is 0 Å². The molecule has 0 aromatic rings. The molecule has 1 atom stereocenters. The van der Waals surface area contributed by atoms with Crippen molar-refractivity contribution in [2.24, 2.45) is 5.92 Å². The highest BCUT2D eigenvalue weighted by Crippen LogP contribution is 2.25. The van der Waals surface area contributed by atoms with E-state index in [1.807, 2.05) is 23.8 Å². The minimum atomic E-state index is -0.187. The Balaban J connectivity index is 0.00000264. The zero-order valence-electron chi connectivity index (χ0n) is 14.6. The molecule has 0 aromatic carbocycles. The van der Waals surface area contributed by atoms with Crippen LogP contribution in [0, 0.1) is 5.92 Å². The lowest BCUT2D eigenvalue weighted by atomic mass is 9.93. The second kappa shape index (κ2) is 10.1. The molecule has 2 heterocycles. The van der Waals surface area contributed by atoms with Crippen LogP contribution in [0.15, 0.2) is 0 Å². The molecule has 0 saturated carbocycles. The molecule has 6 heteroatoms. The third-order valence-electron chi connectivity index (χ3n) is 5.05. The molecule has 134 valence electrons. The Labute approximate surface area is 146 Å². The van der Waals surface area contributed by atoms with Gasteiger partial charge >= 0.3 is 0 Å². The van der Waals surface area contributed by atoms with Gasteiger partial charge in [-0.1, -0.05) is 6.92 Å². The van der Waals surface area contributed by atoms with Crippen molar-refractivity contribution >= 4 is 24.2 Å². The van der Waals surface area contributed by atoms with Crippen LogP contribution in [0.3, 0.4) is 0 Å².